The van der Waals surface area contributed by atoms with E-state index in [1.54, 1.807) is 14.2 Å². The van der Waals surface area contributed by atoms with Crippen molar-refractivity contribution < 1.29 is 14.2 Å². The van der Waals surface area contributed by atoms with Gasteiger partial charge in [-0.05, 0) is 37.1 Å². The van der Waals surface area contributed by atoms with E-state index in [-0.39, 0.29) is 0 Å². The summed E-state index contributed by atoms with van der Waals surface area (Å²) in [5.74, 6) is 1.50. The van der Waals surface area contributed by atoms with Crippen molar-refractivity contribution in [2.75, 3.05) is 52.0 Å². The first-order valence-corrected chi connectivity index (χ1v) is 11.1. The summed E-state index contributed by atoms with van der Waals surface area (Å²) in [6.07, 6.45) is 4.36. The summed E-state index contributed by atoms with van der Waals surface area (Å²) in [5, 5.41) is 0. The summed E-state index contributed by atoms with van der Waals surface area (Å²) in [6.45, 7) is 4.36. The number of rotatable bonds is 8. The lowest BCUT2D eigenvalue weighted by Gasteiger charge is -2.28. The van der Waals surface area contributed by atoms with Gasteiger partial charge in [-0.3, -0.25) is 4.99 Å². The monoisotopic (exact) mass is 473 g/mol. The molecule has 160 valence electrons. The number of hydrogen-bond acceptors (Lipinski definition) is 6. The quantitative estimate of drug-likeness (QED) is 0.529. The number of aliphatic imine (C=N–C) groups is 1. The Morgan fingerprint density at radius 1 is 1.17 bits per heavy atom. The summed E-state index contributed by atoms with van der Waals surface area (Å²) in [7, 11) is 3.48. The molecule has 2 heterocycles. The van der Waals surface area contributed by atoms with Gasteiger partial charge in [-0.2, -0.15) is 0 Å². The normalized spacial score (nSPS) is 18.5. The van der Waals surface area contributed by atoms with Crippen LogP contribution in [0.15, 0.2) is 45.9 Å². The van der Waals surface area contributed by atoms with E-state index in [2.05, 4.69) is 42.9 Å². The lowest BCUT2D eigenvalue weighted by Crippen LogP contribution is -2.25. The lowest BCUT2D eigenvalue weighted by atomic mass is 10.1. The maximum absolute atomic E-state index is 6.10. The molecule has 2 aliphatic heterocycles. The van der Waals surface area contributed by atoms with Crippen LogP contribution in [-0.2, 0) is 4.74 Å². The van der Waals surface area contributed by atoms with E-state index in [0.29, 0.717) is 19.4 Å². The highest BCUT2D eigenvalue weighted by Crippen LogP contribution is 2.39. The molecule has 1 fully saturated rings. The van der Waals surface area contributed by atoms with Gasteiger partial charge in [0.2, 0.25) is 0 Å². The second-order valence-electron chi connectivity index (χ2n) is 7.57. The summed E-state index contributed by atoms with van der Waals surface area (Å²) in [4.78, 5) is 9.14. The average Bonchev–Trinajstić information content (AvgIpc) is 3.23. The first kappa shape index (κ1) is 21.2. The Morgan fingerprint density at radius 3 is 2.83 bits per heavy atom. The van der Waals surface area contributed by atoms with Crippen molar-refractivity contribution in [1.29, 1.82) is 0 Å². The Labute approximate surface area is 186 Å². The van der Waals surface area contributed by atoms with Crippen LogP contribution in [0.25, 0.3) is 0 Å². The number of hydrogen-bond donors (Lipinski definition) is 0. The van der Waals surface area contributed by atoms with Gasteiger partial charge in [-0.25, -0.2) is 0 Å². The van der Waals surface area contributed by atoms with E-state index in [1.807, 2.05) is 30.5 Å². The van der Waals surface area contributed by atoms with Gasteiger partial charge in [0.15, 0.2) is 11.5 Å². The van der Waals surface area contributed by atoms with Crippen LogP contribution in [0, 0.1) is 0 Å². The van der Waals surface area contributed by atoms with E-state index in [9.17, 15) is 0 Å². The first-order valence-electron chi connectivity index (χ1n) is 10.3. The minimum Gasteiger partial charge on any atom is -0.493 e. The fraction of sp³-hybridized carbons (Fsp3) is 0.435. The van der Waals surface area contributed by atoms with Crippen molar-refractivity contribution in [3.8, 4) is 11.5 Å². The minimum atomic E-state index is 0.374. The standard InChI is InChI=1S/C23H28BrN3O3/c1-28-20-7-9-26(15-20)8-4-10-30-23-11-17-14-25-16-27(21(17)13-22(23)29-2)19-6-3-5-18(24)12-19/h3,5-6,11-14,20H,4,7-10,15-16H2,1-2H3/t20-/m0/s1. The molecule has 30 heavy (non-hydrogen) atoms. The van der Waals surface area contributed by atoms with Crippen molar-refractivity contribution in [3.63, 3.8) is 0 Å². The van der Waals surface area contributed by atoms with Gasteiger partial charge in [0.05, 0.1) is 25.5 Å². The molecular formula is C23H28BrN3O3. The Bertz CT molecular complexity index is 905. The number of fused-ring (bicyclic) bond motifs is 1. The summed E-state index contributed by atoms with van der Waals surface area (Å²) < 4.78 is 18.2. The highest BCUT2D eigenvalue weighted by molar-refractivity contribution is 9.10. The molecule has 0 N–H and O–H groups in total. The smallest absolute Gasteiger partial charge is 0.162 e. The van der Waals surface area contributed by atoms with Crippen LogP contribution < -0.4 is 14.4 Å². The zero-order chi connectivity index (χ0) is 20.9. The van der Waals surface area contributed by atoms with Gasteiger partial charge in [0, 0.05) is 54.7 Å². The molecule has 1 atom stereocenters. The van der Waals surface area contributed by atoms with E-state index < -0.39 is 0 Å². The van der Waals surface area contributed by atoms with Crippen molar-refractivity contribution in [1.82, 2.24) is 4.90 Å². The van der Waals surface area contributed by atoms with Crippen LogP contribution >= 0.6 is 15.9 Å². The van der Waals surface area contributed by atoms with Crippen LogP contribution in [0.1, 0.15) is 18.4 Å². The number of methoxy groups -OCH3 is 2. The zero-order valence-corrected chi connectivity index (χ0v) is 19.1. The van der Waals surface area contributed by atoms with Crippen LogP contribution in [0.2, 0.25) is 0 Å². The van der Waals surface area contributed by atoms with Crippen molar-refractivity contribution in [2.24, 2.45) is 4.99 Å². The Balaban J connectivity index is 1.43. The van der Waals surface area contributed by atoms with Crippen molar-refractivity contribution in [3.05, 3.63) is 46.4 Å². The number of nitrogens with zero attached hydrogens (tertiary/aromatic N) is 3. The van der Waals surface area contributed by atoms with E-state index in [1.165, 1.54) is 0 Å². The molecule has 2 aliphatic rings. The molecule has 0 saturated carbocycles. The highest BCUT2D eigenvalue weighted by atomic mass is 79.9. The lowest BCUT2D eigenvalue weighted by molar-refractivity contribution is 0.107. The highest BCUT2D eigenvalue weighted by Gasteiger charge is 2.22. The number of halogens is 1. The van der Waals surface area contributed by atoms with E-state index in [0.717, 1.165) is 65.4 Å². The number of ether oxygens (including phenoxy) is 3. The molecule has 0 radical (unpaired) electrons. The minimum absolute atomic E-state index is 0.374. The topological polar surface area (TPSA) is 46.5 Å². The summed E-state index contributed by atoms with van der Waals surface area (Å²) in [6, 6.07) is 12.3. The molecule has 0 amide bonds. The van der Waals surface area contributed by atoms with Crippen molar-refractivity contribution in [2.45, 2.75) is 18.9 Å². The Kier molecular flexibility index (Phi) is 6.92. The molecule has 0 bridgehead atoms. The number of likely N-dealkylation sites (tertiary alicyclic amines) is 1. The SMILES string of the molecule is COc1cc2c(cc1OCCCN1CC[C@H](OC)C1)C=NCN2c1cccc(Br)c1. The third-order valence-electron chi connectivity index (χ3n) is 5.62. The number of benzene rings is 2. The first-order chi connectivity index (χ1) is 14.7. The molecule has 0 spiro atoms. The fourth-order valence-electron chi connectivity index (χ4n) is 4.00. The van der Waals surface area contributed by atoms with Crippen LogP contribution in [0.5, 0.6) is 11.5 Å². The number of anilines is 2. The van der Waals surface area contributed by atoms with E-state index >= 15 is 0 Å². The van der Waals surface area contributed by atoms with Gasteiger partial charge in [0.1, 0.15) is 6.67 Å². The summed E-state index contributed by atoms with van der Waals surface area (Å²) >= 11 is 3.56. The Hall–Kier alpha value is -2.09. The zero-order valence-electron chi connectivity index (χ0n) is 17.5. The molecule has 7 heteroatoms. The second-order valence-corrected chi connectivity index (χ2v) is 8.49. The molecule has 0 aliphatic carbocycles. The van der Waals surface area contributed by atoms with Gasteiger partial charge in [-0.1, -0.05) is 22.0 Å². The molecule has 4 rings (SSSR count). The van der Waals surface area contributed by atoms with Gasteiger partial charge in [0.25, 0.3) is 0 Å². The second kappa shape index (κ2) is 9.81. The molecule has 0 aromatic heterocycles. The van der Waals surface area contributed by atoms with Crippen LogP contribution in [-0.4, -0.2) is 64.3 Å². The molecule has 6 nitrogen and oxygen atoms in total. The largest absolute Gasteiger partial charge is 0.493 e. The molecule has 0 unspecified atom stereocenters. The van der Waals surface area contributed by atoms with Gasteiger partial charge < -0.3 is 24.0 Å². The fourth-order valence-corrected chi connectivity index (χ4v) is 4.39. The predicted octanol–water partition coefficient (Wildman–Crippen LogP) is 4.48. The predicted molar refractivity (Wildman–Crippen MR) is 124 cm³/mol. The Morgan fingerprint density at radius 2 is 2.07 bits per heavy atom. The molecule has 2 aromatic carbocycles. The maximum atomic E-state index is 6.10. The molecular weight excluding hydrogens is 446 g/mol. The third kappa shape index (κ3) is 4.79. The van der Waals surface area contributed by atoms with Gasteiger partial charge in [-0.15, -0.1) is 0 Å². The van der Waals surface area contributed by atoms with E-state index in [4.69, 9.17) is 14.2 Å². The van der Waals surface area contributed by atoms with Crippen molar-refractivity contribution >= 4 is 33.5 Å². The molecule has 2 aromatic rings. The van der Waals surface area contributed by atoms with Crippen LogP contribution in [0.3, 0.4) is 0 Å². The maximum Gasteiger partial charge on any atom is 0.162 e. The van der Waals surface area contributed by atoms with Gasteiger partial charge >= 0.3 is 0 Å². The third-order valence-corrected chi connectivity index (χ3v) is 6.11. The van der Waals surface area contributed by atoms with Crippen LogP contribution in [0.4, 0.5) is 11.4 Å². The molecule has 1 saturated heterocycles. The summed E-state index contributed by atoms with van der Waals surface area (Å²) in [5.41, 5.74) is 3.17. The average molecular weight is 474 g/mol.